The van der Waals surface area contributed by atoms with E-state index in [1.807, 2.05) is 67.2 Å². The van der Waals surface area contributed by atoms with E-state index in [0.717, 1.165) is 29.4 Å². The second-order valence-electron chi connectivity index (χ2n) is 6.19. The number of carbonyl (C=O) groups excluding carboxylic acids is 1. The average molecular weight is 321 g/mol. The lowest BCUT2D eigenvalue weighted by molar-refractivity contribution is 0.248. The molecule has 2 amide bonds. The molecule has 0 radical (unpaired) electrons. The van der Waals surface area contributed by atoms with Crippen LogP contribution < -0.4 is 10.6 Å². The lowest BCUT2D eigenvalue weighted by atomic mass is 10.1. The van der Waals surface area contributed by atoms with Crippen LogP contribution in [0.15, 0.2) is 60.8 Å². The fourth-order valence-electron chi connectivity index (χ4n) is 2.92. The lowest BCUT2D eigenvalue weighted by Crippen LogP contribution is -2.36. The number of carbonyl (C=O) groups is 1. The molecule has 0 spiro atoms. The fourth-order valence-corrected chi connectivity index (χ4v) is 2.92. The molecule has 4 nitrogen and oxygen atoms in total. The first-order valence-electron chi connectivity index (χ1n) is 8.29. The van der Waals surface area contributed by atoms with Crippen molar-refractivity contribution in [3.8, 4) is 0 Å². The molecule has 1 aromatic heterocycles. The minimum Gasteiger partial charge on any atom is -0.348 e. The molecule has 24 heavy (non-hydrogen) atoms. The molecule has 0 aliphatic rings. The van der Waals surface area contributed by atoms with Crippen LogP contribution in [0.3, 0.4) is 0 Å². The number of benzene rings is 2. The maximum absolute atomic E-state index is 12.3. The van der Waals surface area contributed by atoms with E-state index in [-0.39, 0.29) is 12.1 Å². The summed E-state index contributed by atoms with van der Waals surface area (Å²) in [5, 5.41) is 7.03. The van der Waals surface area contributed by atoms with E-state index in [0.29, 0.717) is 0 Å². The molecule has 2 aromatic carbocycles. The first kappa shape index (κ1) is 16.1. The van der Waals surface area contributed by atoms with Gasteiger partial charge in [0, 0.05) is 30.2 Å². The Morgan fingerprint density at radius 2 is 1.79 bits per heavy atom. The Balaban J connectivity index is 1.56. The van der Waals surface area contributed by atoms with E-state index in [2.05, 4.69) is 22.8 Å². The van der Waals surface area contributed by atoms with Gasteiger partial charge in [-0.05, 0) is 31.4 Å². The van der Waals surface area contributed by atoms with Gasteiger partial charge in [0.1, 0.15) is 0 Å². The van der Waals surface area contributed by atoms with Gasteiger partial charge < -0.3 is 15.2 Å². The Labute approximate surface area is 142 Å². The largest absolute Gasteiger partial charge is 0.348 e. The average Bonchev–Trinajstić information content (AvgIpc) is 2.90. The summed E-state index contributed by atoms with van der Waals surface area (Å²) in [6.07, 6.45) is 3.81. The normalized spacial score (nSPS) is 12.1. The molecule has 0 saturated carbocycles. The molecular weight excluding hydrogens is 298 g/mol. The maximum Gasteiger partial charge on any atom is 0.319 e. The van der Waals surface area contributed by atoms with Gasteiger partial charge in [-0.1, -0.05) is 48.5 Å². The molecule has 0 fully saturated rings. The molecule has 4 heteroatoms. The summed E-state index contributed by atoms with van der Waals surface area (Å²) in [6.45, 7) is 2.03. The summed E-state index contributed by atoms with van der Waals surface area (Å²) >= 11 is 0. The summed E-state index contributed by atoms with van der Waals surface area (Å²) in [6, 6.07) is 18.3. The minimum absolute atomic E-state index is 0.111. The number of amides is 2. The number of fused-ring (bicyclic) bond motifs is 1. The predicted octanol–water partition coefficient (Wildman–Crippen LogP) is 4.32. The highest BCUT2D eigenvalue weighted by molar-refractivity contribution is 6.01. The molecule has 3 rings (SSSR count). The van der Waals surface area contributed by atoms with E-state index < -0.39 is 0 Å². The SMILES string of the molecule is C[C@@H](CCc1ccccc1)NC(=O)Nc1cn(C)c2ccccc12. The number of anilines is 1. The van der Waals surface area contributed by atoms with Crippen molar-refractivity contribution in [2.24, 2.45) is 7.05 Å². The summed E-state index contributed by atoms with van der Waals surface area (Å²) in [7, 11) is 1.98. The Morgan fingerprint density at radius 1 is 1.08 bits per heavy atom. The van der Waals surface area contributed by atoms with Crippen LogP contribution >= 0.6 is 0 Å². The lowest BCUT2D eigenvalue weighted by Gasteiger charge is -2.14. The van der Waals surface area contributed by atoms with Crippen LogP contribution in [0.4, 0.5) is 10.5 Å². The van der Waals surface area contributed by atoms with Crippen LogP contribution in [0.2, 0.25) is 0 Å². The third-order valence-corrected chi connectivity index (χ3v) is 4.23. The molecule has 0 unspecified atom stereocenters. The Hall–Kier alpha value is -2.75. The van der Waals surface area contributed by atoms with Crippen LogP contribution in [-0.4, -0.2) is 16.6 Å². The second-order valence-corrected chi connectivity index (χ2v) is 6.19. The summed E-state index contributed by atoms with van der Waals surface area (Å²) < 4.78 is 2.02. The highest BCUT2D eigenvalue weighted by Gasteiger charge is 2.11. The van der Waals surface area contributed by atoms with E-state index in [9.17, 15) is 4.79 Å². The predicted molar refractivity (Wildman–Crippen MR) is 99.3 cm³/mol. The van der Waals surface area contributed by atoms with Gasteiger partial charge in [-0.2, -0.15) is 0 Å². The molecule has 2 N–H and O–H groups in total. The number of rotatable bonds is 5. The third kappa shape index (κ3) is 3.77. The van der Waals surface area contributed by atoms with E-state index >= 15 is 0 Å². The number of nitrogens with one attached hydrogen (secondary N) is 2. The van der Waals surface area contributed by atoms with Crippen molar-refractivity contribution in [1.82, 2.24) is 9.88 Å². The van der Waals surface area contributed by atoms with Crippen molar-refractivity contribution < 1.29 is 4.79 Å². The van der Waals surface area contributed by atoms with Crippen LogP contribution in [0.25, 0.3) is 10.9 Å². The van der Waals surface area contributed by atoms with Gasteiger partial charge >= 0.3 is 6.03 Å². The first-order valence-corrected chi connectivity index (χ1v) is 8.29. The number of aryl methyl sites for hydroxylation is 2. The Bertz CT molecular complexity index is 823. The molecule has 0 saturated heterocycles. The van der Waals surface area contributed by atoms with Crippen LogP contribution in [0.5, 0.6) is 0 Å². The van der Waals surface area contributed by atoms with Gasteiger partial charge in [0.15, 0.2) is 0 Å². The van der Waals surface area contributed by atoms with Crippen molar-refractivity contribution >= 4 is 22.6 Å². The molecule has 1 heterocycles. The number of hydrogen-bond donors (Lipinski definition) is 2. The van der Waals surface area contributed by atoms with Crippen molar-refractivity contribution in [3.63, 3.8) is 0 Å². The van der Waals surface area contributed by atoms with Crippen LogP contribution in [-0.2, 0) is 13.5 Å². The van der Waals surface area contributed by atoms with Crippen LogP contribution in [0, 0.1) is 0 Å². The highest BCUT2D eigenvalue weighted by Crippen LogP contribution is 2.24. The number of nitrogens with zero attached hydrogens (tertiary/aromatic N) is 1. The number of aromatic nitrogens is 1. The molecule has 0 aliphatic carbocycles. The smallest absolute Gasteiger partial charge is 0.319 e. The standard InChI is InChI=1S/C20H23N3O/c1-15(12-13-16-8-4-3-5-9-16)21-20(24)22-18-14-23(2)19-11-7-6-10-17(18)19/h3-11,14-15H,12-13H2,1-2H3,(H2,21,22,24)/t15-/m0/s1. The molecule has 3 aromatic rings. The van der Waals surface area contributed by atoms with Gasteiger partial charge in [-0.3, -0.25) is 0 Å². The summed E-state index contributed by atoms with van der Waals surface area (Å²) in [5.74, 6) is 0. The van der Waals surface area contributed by atoms with E-state index in [4.69, 9.17) is 0 Å². The monoisotopic (exact) mass is 321 g/mol. The maximum atomic E-state index is 12.3. The molecule has 124 valence electrons. The highest BCUT2D eigenvalue weighted by atomic mass is 16.2. The van der Waals surface area contributed by atoms with Gasteiger partial charge in [-0.25, -0.2) is 4.79 Å². The zero-order valence-corrected chi connectivity index (χ0v) is 14.1. The van der Waals surface area contributed by atoms with Crippen molar-refractivity contribution in [2.45, 2.75) is 25.8 Å². The van der Waals surface area contributed by atoms with Crippen LogP contribution in [0.1, 0.15) is 18.9 Å². The molecule has 1 atom stereocenters. The third-order valence-electron chi connectivity index (χ3n) is 4.23. The van der Waals surface area contributed by atoms with E-state index in [1.165, 1.54) is 5.56 Å². The topological polar surface area (TPSA) is 46.1 Å². The zero-order valence-electron chi connectivity index (χ0n) is 14.1. The Morgan fingerprint density at radius 3 is 2.58 bits per heavy atom. The quantitative estimate of drug-likeness (QED) is 0.722. The van der Waals surface area contributed by atoms with Crippen molar-refractivity contribution in [1.29, 1.82) is 0 Å². The number of para-hydroxylation sites is 1. The Kier molecular flexibility index (Phi) is 4.85. The molecule has 0 aliphatic heterocycles. The first-order chi connectivity index (χ1) is 11.6. The van der Waals surface area contributed by atoms with E-state index in [1.54, 1.807) is 0 Å². The van der Waals surface area contributed by atoms with Crippen molar-refractivity contribution in [2.75, 3.05) is 5.32 Å². The van der Waals surface area contributed by atoms with Gasteiger partial charge in [-0.15, -0.1) is 0 Å². The molecule has 0 bridgehead atoms. The molecular formula is C20H23N3O. The fraction of sp³-hybridized carbons (Fsp3) is 0.250. The summed E-state index contributed by atoms with van der Waals surface area (Å²) in [5.41, 5.74) is 3.23. The zero-order chi connectivity index (χ0) is 16.9. The number of urea groups is 1. The second kappa shape index (κ2) is 7.21. The van der Waals surface area contributed by atoms with Gasteiger partial charge in [0.2, 0.25) is 0 Å². The van der Waals surface area contributed by atoms with Crippen molar-refractivity contribution in [3.05, 3.63) is 66.4 Å². The van der Waals surface area contributed by atoms with Gasteiger partial charge in [0.25, 0.3) is 0 Å². The number of hydrogen-bond acceptors (Lipinski definition) is 1. The summed E-state index contributed by atoms with van der Waals surface area (Å²) in [4.78, 5) is 12.3. The van der Waals surface area contributed by atoms with Gasteiger partial charge in [0.05, 0.1) is 5.69 Å². The minimum atomic E-state index is -0.160.